The lowest BCUT2D eigenvalue weighted by atomic mass is 10.1. The van der Waals surface area contributed by atoms with Gasteiger partial charge in [-0.15, -0.1) is 11.3 Å². The Balaban J connectivity index is 1.61. The number of esters is 1. The second-order valence-corrected chi connectivity index (χ2v) is 8.88. The molecule has 2 aromatic heterocycles. The number of Topliss-reactive ketones (excluding diaryl/α,β-unsaturated/α-hetero) is 1. The number of hydrogen-bond donors (Lipinski definition) is 1. The van der Waals surface area contributed by atoms with Gasteiger partial charge in [-0.3, -0.25) is 19.0 Å². The van der Waals surface area contributed by atoms with Crippen molar-refractivity contribution in [2.24, 2.45) is 5.92 Å². The van der Waals surface area contributed by atoms with Gasteiger partial charge in [0.2, 0.25) is 0 Å². The molecule has 1 N–H and O–H groups in total. The molecule has 1 amide bonds. The number of rotatable bonds is 6. The number of nitrogens with one attached hydrogen (secondary N) is 1. The van der Waals surface area contributed by atoms with E-state index in [1.54, 1.807) is 19.1 Å². The number of aryl methyl sites for hydroxylation is 1. The molecular formula is C22H21N3O6S. The van der Waals surface area contributed by atoms with Gasteiger partial charge >= 0.3 is 5.97 Å². The van der Waals surface area contributed by atoms with Crippen molar-refractivity contribution in [3.05, 3.63) is 50.9 Å². The number of hydrogen-bond acceptors (Lipinski definition) is 8. The Morgan fingerprint density at radius 1 is 1.31 bits per heavy atom. The number of carbonyl (C=O) groups excluding carboxylic acids is 3. The highest BCUT2D eigenvalue weighted by atomic mass is 32.1. The summed E-state index contributed by atoms with van der Waals surface area (Å²) >= 11 is 1.10. The number of benzene rings is 1. The number of anilines is 1. The molecule has 0 saturated heterocycles. The molecule has 1 aliphatic rings. The molecule has 0 bridgehead atoms. The molecule has 166 valence electrons. The maximum atomic E-state index is 13.0. The summed E-state index contributed by atoms with van der Waals surface area (Å²) in [6.07, 6.45) is 1.30. The number of amides is 1. The summed E-state index contributed by atoms with van der Waals surface area (Å²) in [5.74, 6) is -0.450. The van der Waals surface area contributed by atoms with Crippen LogP contribution in [0.4, 0.5) is 5.69 Å². The summed E-state index contributed by atoms with van der Waals surface area (Å²) in [7, 11) is 0. The average Bonchev–Trinajstić information content (AvgIpc) is 3.10. The Hall–Kier alpha value is -3.53. The minimum Gasteiger partial charge on any atom is -0.482 e. The molecule has 9 nitrogen and oxygen atoms in total. The molecule has 1 aromatic carbocycles. The summed E-state index contributed by atoms with van der Waals surface area (Å²) < 4.78 is 11.8. The standard InChI is InChI=1S/C22H21N3O6S/c1-11(2)8-31-22(29)19-12(3)18-20(32-19)23-10-25(21(18)28)7-15(26)13-4-5-16-14(6-13)24-17(27)9-30-16/h4-6,10-11H,7-9H2,1-3H3,(H,24,27). The average molecular weight is 455 g/mol. The van der Waals surface area contributed by atoms with Crippen LogP contribution in [0.1, 0.15) is 39.4 Å². The normalized spacial score (nSPS) is 12.9. The van der Waals surface area contributed by atoms with E-state index in [2.05, 4.69) is 10.3 Å². The molecule has 3 aromatic rings. The highest BCUT2D eigenvalue weighted by molar-refractivity contribution is 7.20. The molecule has 0 atom stereocenters. The molecule has 0 aliphatic carbocycles. The van der Waals surface area contributed by atoms with Gasteiger partial charge in [-0.05, 0) is 36.6 Å². The van der Waals surface area contributed by atoms with E-state index < -0.39 is 11.5 Å². The first kappa shape index (κ1) is 21.7. The van der Waals surface area contributed by atoms with Crippen molar-refractivity contribution >= 4 is 44.9 Å². The fourth-order valence-corrected chi connectivity index (χ4v) is 4.31. The lowest BCUT2D eigenvalue weighted by molar-refractivity contribution is -0.118. The Morgan fingerprint density at radius 3 is 2.84 bits per heavy atom. The maximum absolute atomic E-state index is 13.0. The van der Waals surface area contributed by atoms with Crippen LogP contribution in [0.3, 0.4) is 0 Å². The second-order valence-electron chi connectivity index (χ2n) is 7.88. The van der Waals surface area contributed by atoms with Crippen LogP contribution < -0.4 is 15.6 Å². The molecule has 0 radical (unpaired) electrons. The van der Waals surface area contributed by atoms with E-state index >= 15 is 0 Å². The van der Waals surface area contributed by atoms with E-state index in [0.29, 0.717) is 37.7 Å². The number of fused-ring (bicyclic) bond motifs is 2. The van der Waals surface area contributed by atoms with Gasteiger partial charge in [0.1, 0.15) is 15.5 Å². The van der Waals surface area contributed by atoms with Gasteiger partial charge in [0.15, 0.2) is 12.4 Å². The van der Waals surface area contributed by atoms with Crippen molar-refractivity contribution in [1.82, 2.24) is 9.55 Å². The highest BCUT2D eigenvalue weighted by Crippen LogP contribution is 2.29. The van der Waals surface area contributed by atoms with Gasteiger partial charge in [-0.25, -0.2) is 9.78 Å². The Kier molecular flexibility index (Phi) is 5.79. The molecule has 10 heteroatoms. The predicted molar refractivity (Wildman–Crippen MR) is 119 cm³/mol. The molecule has 0 unspecified atom stereocenters. The van der Waals surface area contributed by atoms with E-state index in [4.69, 9.17) is 9.47 Å². The van der Waals surface area contributed by atoms with Crippen LogP contribution in [-0.2, 0) is 16.1 Å². The third-order valence-corrected chi connectivity index (χ3v) is 6.08. The molecular weight excluding hydrogens is 434 g/mol. The van der Waals surface area contributed by atoms with Crippen molar-refractivity contribution < 1.29 is 23.9 Å². The van der Waals surface area contributed by atoms with Gasteiger partial charge in [-0.1, -0.05) is 13.8 Å². The van der Waals surface area contributed by atoms with Crippen molar-refractivity contribution in [2.45, 2.75) is 27.3 Å². The summed E-state index contributed by atoms with van der Waals surface area (Å²) in [6.45, 7) is 5.51. The van der Waals surface area contributed by atoms with E-state index in [1.807, 2.05) is 13.8 Å². The van der Waals surface area contributed by atoms with Crippen molar-refractivity contribution in [2.75, 3.05) is 18.5 Å². The molecule has 32 heavy (non-hydrogen) atoms. The Labute approximate surface area is 187 Å². The molecule has 1 aliphatic heterocycles. The monoisotopic (exact) mass is 455 g/mol. The lowest BCUT2D eigenvalue weighted by Gasteiger charge is -2.18. The summed E-state index contributed by atoms with van der Waals surface area (Å²) in [6, 6.07) is 4.70. The van der Waals surface area contributed by atoms with E-state index in [-0.39, 0.29) is 37.4 Å². The van der Waals surface area contributed by atoms with E-state index in [1.165, 1.54) is 17.0 Å². The van der Waals surface area contributed by atoms with Crippen molar-refractivity contribution in [3.63, 3.8) is 0 Å². The third-order valence-electron chi connectivity index (χ3n) is 4.90. The van der Waals surface area contributed by atoms with Crippen LogP contribution in [0.5, 0.6) is 5.75 Å². The Bertz CT molecular complexity index is 1310. The van der Waals surface area contributed by atoms with Crippen LogP contribution in [0.2, 0.25) is 0 Å². The molecule has 0 spiro atoms. The quantitative estimate of drug-likeness (QED) is 0.449. The zero-order valence-electron chi connectivity index (χ0n) is 17.8. The van der Waals surface area contributed by atoms with Gasteiger partial charge in [0, 0.05) is 5.56 Å². The maximum Gasteiger partial charge on any atom is 0.348 e. The Morgan fingerprint density at radius 2 is 2.09 bits per heavy atom. The minimum atomic E-state index is -0.487. The first-order valence-corrected chi connectivity index (χ1v) is 10.8. The van der Waals surface area contributed by atoms with Crippen LogP contribution in [0.25, 0.3) is 10.2 Å². The fourth-order valence-electron chi connectivity index (χ4n) is 3.28. The first-order chi connectivity index (χ1) is 15.2. The van der Waals surface area contributed by atoms with E-state index in [0.717, 1.165) is 11.3 Å². The fraction of sp³-hybridized carbons (Fsp3) is 0.318. The SMILES string of the molecule is Cc1c(C(=O)OCC(C)C)sc2ncn(CC(=O)c3ccc4c(c3)NC(=O)CO4)c(=O)c12. The van der Waals surface area contributed by atoms with Crippen molar-refractivity contribution in [1.29, 1.82) is 0 Å². The topological polar surface area (TPSA) is 117 Å². The smallest absolute Gasteiger partial charge is 0.348 e. The number of ether oxygens (including phenoxy) is 2. The molecule has 0 saturated carbocycles. The minimum absolute atomic E-state index is 0.0750. The largest absolute Gasteiger partial charge is 0.482 e. The van der Waals surface area contributed by atoms with Crippen LogP contribution in [0, 0.1) is 12.8 Å². The van der Waals surface area contributed by atoms with Crippen LogP contribution in [0.15, 0.2) is 29.3 Å². The van der Waals surface area contributed by atoms with Gasteiger partial charge in [-0.2, -0.15) is 0 Å². The number of carbonyl (C=O) groups is 3. The summed E-state index contributed by atoms with van der Waals surface area (Å²) in [4.78, 5) is 54.8. The number of thiophene rings is 1. The van der Waals surface area contributed by atoms with E-state index in [9.17, 15) is 19.2 Å². The highest BCUT2D eigenvalue weighted by Gasteiger charge is 2.22. The molecule has 4 rings (SSSR count). The molecule has 0 fully saturated rings. The number of nitrogens with zero attached hydrogens (tertiary/aromatic N) is 2. The van der Waals surface area contributed by atoms with Gasteiger partial charge in [0.05, 0.1) is 30.6 Å². The van der Waals surface area contributed by atoms with Gasteiger partial charge in [0.25, 0.3) is 11.5 Å². The predicted octanol–water partition coefficient (Wildman–Crippen LogP) is 2.79. The van der Waals surface area contributed by atoms with Crippen LogP contribution >= 0.6 is 11.3 Å². The lowest BCUT2D eigenvalue weighted by Crippen LogP contribution is -2.26. The first-order valence-electron chi connectivity index (χ1n) is 10.00. The molecule has 3 heterocycles. The van der Waals surface area contributed by atoms with Crippen molar-refractivity contribution in [3.8, 4) is 5.75 Å². The summed E-state index contributed by atoms with van der Waals surface area (Å²) in [5.41, 5.74) is 0.814. The summed E-state index contributed by atoms with van der Waals surface area (Å²) in [5, 5.41) is 2.95. The number of aromatic nitrogens is 2. The van der Waals surface area contributed by atoms with Gasteiger partial charge < -0.3 is 14.8 Å². The zero-order valence-corrected chi connectivity index (χ0v) is 18.6. The zero-order chi connectivity index (χ0) is 23.0. The number of ketones is 1. The second kappa shape index (κ2) is 8.54. The van der Waals surface area contributed by atoms with Crippen LogP contribution in [-0.4, -0.2) is 40.4 Å². The third kappa shape index (κ3) is 4.13.